The normalized spacial score (nSPS) is 12.2. The number of aryl methyl sites for hydroxylation is 3. The van der Waals surface area contributed by atoms with Gasteiger partial charge in [-0.05, 0) is 94.6 Å². The molecule has 0 radical (unpaired) electrons. The molecule has 0 bridgehead atoms. The molecule has 0 aromatic heterocycles. The van der Waals surface area contributed by atoms with Gasteiger partial charge in [0.15, 0.2) is 0 Å². The molecule has 3 aromatic carbocycles. The lowest BCUT2D eigenvalue weighted by molar-refractivity contribution is -0.139. The van der Waals surface area contributed by atoms with Crippen LogP contribution in [0.1, 0.15) is 43.0 Å². The highest BCUT2D eigenvalue weighted by Crippen LogP contribution is 2.28. The Labute approximate surface area is 247 Å². The van der Waals surface area contributed by atoms with Crippen molar-refractivity contribution in [2.45, 2.75) is 65.1 Å². The third kappa shape index (κ3) is 7.77. The second-order valence-electron chi connectivity index (χ2n) is 10.3. The highest BCUT2D eigenvalue weighted by atomic mass is 35.5. The van der Waals surface area contributed by atoms with Gasteiger partial charge in [-0.25, -0.2) is 8.42 Å². The van der Waals surface area contributed by atoms with Crippen LogP contribution in [-0.2, 0) is 26.2 Å². The molecule has 0 aliphatic heterocycles. The summed E-state index contributed by atoms with van der Waals surface area (Å²) in [5, 5.41) is 3.50. The van der Waals surface area contributed by atoms with Crippen molar-refractivity contribution in [2.24, 2.45) is 0 Å². The van der Waals surface area contributed by atoms with Gasteiger partial charge in [-0.1, -0.05) is 53.0 Å². The SMILES string of the molecule is Cc1ccc(S(=O)(=O)N(CC(=O)N(Cc2ccc(Cl)c(Cl)c2)[C@H](C)C(=O)NC(C)C)c2cc(C)cc(C)c2)cc1. The smallest absolute Gasteiger partial charge is 0.264 e. The first-order valence-electron chi connectivity index (χ1n) is 12.9. The number of halogens is 2. The Morgan fingerprint density at radius 3 is 1.98 bits per heavy atom. The van der Waals surface area contributed by atoms with Crippen LogP contribution in [0.2, 0.25) is 10.0 Å². The van der Waals surface area contributed by atoms with Gasteiger partial charge in [0.05, 0.1) is 20.6 Å². The Hall–Kier alpha value is -3.07. The van der Waals surface area contributed by atoms with Crippen LogP contribution in [0.25, 0.3) is 0 Å². The summed E-state index contributed by atoms with van der Waals surface area (Å²) < 4.78 is 29.0. The summed E-state index contributed by atoms with van der Waals surface area (Å²) in [6.45, 7) is 10.4. The van der Waals surface area contributed by atoms with Crippen molar-refractivity contribution >= 4 is 50.7 Å². The highest BCUT2D eigenvalue weighted by molar-refractivity contribution is 7.92. The van der Waals surface area contributed by atoms with Gasteiger partial charge in [0, 0.05) is 12.6 Å². The number of carbonyl (C=O) groups excluding carboxylic acids is 2. The van der Waals surface area contributed by atoms with E-state index in [1.807, 2.05) is 40.7 Å². The van der Waals surface area contributed by atoms with E-state index in [1.165, 1.54) is 17.0 Å². The number of anilines is 1. The van der Waals surface area contributed by atoms with Crippen molar-refractivity contribution in [1.29, 1.82) is 0 Å². The van der Waals surface area contributed by atoms with Crippen LogP contribution >= 0.6 is 23.2 Å². The molecule has 0 saturated heterocycles. The lowest BCUT2D eigenvalue weighted by Gasteiger charge is -2.32. The number of carbonyl (C=O) groups is 2. The Kier molecular flexibility index (Phi) is 10.3. The minimum absolute atomic E-state index is 0.0215. The van der Waals surface area contributed by atoms with Crippen molar-refractivity contribution in [2.75, 3.05) is 10.8 Å². The summed E-state index contributed by atoms with van der Waals surface area (Å²) in [6.07, 6.45) is 0. The molecular formula is C30H35Cl2N3O4S. The van der Waals surface area contributed by atoms with Crippen LogP contribution in [-0.4, -0.2) is 43.8 Å². The number of hydrogen-bond acceptors (Lipinski definition) is 4. The summed E-state index contributed by atoms with van der Waals surface area (Å²) in [5.41, 5.74) is 3.62. The maximum absolute atomic E-state index is 14.0. The van der Waals surface area contributed by atoms with E-state index in [1.54, 1.807) is 49.4 Å². The standard InChI is InChI=1S/C30H35Cl2N3O4S/c1-19(2)33-30(37)23(6)34(17-24-9-12-27(31)28(32)16-24)29(36)18-35(25-14-21(4)13-22(5)15-25)40(38,39)26-10-7-20(3)8-11-26/h7-16,19,23H,17-18H2,1-6H3,(H,33,37)/t23-/m1/s1. The lowest BCUT2D eigenvalue weighted by Crippen LogP contribution is -2.52. The van der Waals surface area contributed by atoms with Gasteiger partial charge in [0.2, 0.25) is 11.8 Å². The molecule has 214 valence electrons. The highest BCUT2D eigenvalue weighted by Gasteiger charge is 2.33. The third-order valence-electron chi connectivity index (χ3n) is 6.32. The molecule has 7 nitrogen and oxygen atoms in total. The van der Waals surface area contributed by atoms with E-state index in [2.05, 4.69) is 5.32 Å². The van der Waals surface area contributed by atoms with Gasteiger partial charge in [0.25, 0.3) is 10.0 Å². The van der Waals surface area contributed by atoms with Crippen LogP contribution in [0.15, 0.2) is 65.6 Å². The molecule has 1 atom stereocenters. The van der Waals surface area contributed by atoms with Crippen molar-refractivity contribution in [1.82, 2.24) is 10.2 Å². The van der Waals surface area contributed by atoms with Gasteiger partial charge >= 0.3 is 0 Å². The first-order chi connectivity index (χ1) is 18.7. The zero-order valence-corrected chi connectivity index (χ0v) is 25.9. The maximum atomic E-state index is 14.0. The van der Waals surface area contributed by atoms with E-state index in [4.69, 9.17) is 23.2 Å². The second kappa shape index (κ2) is 13.1. The van der Waals surface area contributed by atoms with Gasteiger partial charge in [0.1, 0.15) is 12.6 Å². The molecule has 0 heterocycles. The van der Waals surface area contributed by atoms with E-state index in [0.717, 1.165) is 21.0 Å². The quantitative estimate of drug-likeness (QED) is 0.305. The Bertz CT molecular complexity index is 1470. The molecule has 0 fully saturated rings. The third-order valence-corrected chi connectivity index (χ3v) is 8.84. The Balaban J connectivity index is 2.08. The van der Waals surface area contributed by atoms with Gasteiger partial charge in [-0.3, -0.25) is 13.9 Å². The fraction of sp³-hybridized carbons (Fsp3) is 0.333. The van der Waals surface area contributed by atoms with Crippen molar-refractivity contribution in [3.05, 3.63) is 93.0 Å². The van der Waals surface area contributed by atoms with Crippen LogP contribution in [0.3, 0.4) is 0 Å². The number of rotatable bonds is 10. The number of hydrogen-bond donors (Lipinski definition) is 1. The van der Waals surface area contributed by atoms with Crippen LogP contribution in [0.4, 0.5) is 5.69 Å². The molecule has 40 heavy (non-hydrogen) atoms. The summed E-state index contributed by atoms with van der Waals surface area (Å²) in [4.78, 5) is 28.4. The second-order valence-corrected chi connectivity index (χ2v) is 13.0. The molecule has 0 spiro atoms. The summed E-state index contributed by atoms with van der Waals surface area (Å²) in [7, 11) is -4.14. The van der Waals surface area contributed by atoms with E-state index < -0.39 is 28.5 Å². The van der Waals surface area contributed by atoms with Gasteiger partial charge < -0.3 is 10.2 Å². The van der Waals surface area contributed by atoms with Crippen molar-refractivity contribution in [3.63, 3.8) is 0 Å². The predicted molar refractivity (Wildman–Crippen MR) is 161 cm³/mol. The average molecular weight is 605 g/mol. The van der Waals surface area contributed by atoms with E-state index in [9.17, 15) is 18.0 Å². The molecule has 3 rings (SSSR count). The van der Waals surface area contributed by atoms with Gasteiger partial charge in [-0.2, -0.15) is 0 Å². The van der Waals surface area contributed by atoms with Crippen LogP contribution in [0.5, 0.6) is 0 Å². The minimum Gasteiger partial charge on any atom is -0.352 e. The number of amides is 2. The predicted octanol–water partition coefficient (Wildman–Crippen LogP) is 6.06. The Morgan fingerprint density at radius 1 is 0.825 bits per heavy atom. The average Bonchev–Trinajstić information content (AvgIpc) is 2.86. The molecule has 1 N–H and O–H groups in total. The van der Waals surface area contributed by atoms with Crippen LogP contribution < -0.4 is 9.62 Å². The minimum atomic E-state index is -4.14. The summed E-state index contributed by atoms with van der Waals surface area (Å²) in [5.74, 6) is -0.907. The molecule has 0 aliphatic carbocycles. The lowest BCUT2D eigenvalue weighted by atomic mass is 10.1. The fourth-order valence-corrected chi connectivity index (χ4v) is 6.00. The van der Waals surface area contributed by atoms with E-state index in [0.29, 0.717) is 21.3 Å². The van der Waals surface area contributed by atoms with Crippen LogP contribution in [0, 0.1) is 20.8 Å². The monoisotopic (exact) mass is 603 g/mol. The Morgan fingerprint density at radius 2 is 1.43 bits per heavy atom. The number of sulfonamides is 1. The zero-order chi connectivity index (χ0) is 29.8. The largest absolute Gasteiger partial charge is 0.352 e. The first kappa shape index (κ1) is 31.5. The molecule has 10 heteroatoms. The van der Waals surface area contributed by atoms with Crippen molar-refractivity contribution < 1.29 is 18.0 Å². The van der Waals surface area contributed by atoms with Gasteiger partial charge in [-0.15, -0.1) is 0 Å². The van der Waals surface area contributed by atoms with E-state index >= 15 is 0 Å². The molecule has 2 amide bonds. The maximum Gasteiger partial charge on any atom is 0.264 e. The first-order valence-corrected chi connectivity index (χ1v) is 15.1. The molecule has 0 aliphatic rings. The fourth-order valence-electron chi connectivity index (χ4n) is 4.28. The van der Waals surface area contributed by atoms with E-state index in [-0.39, 0.29) is 23.4 Å². The molecule has 0 saturated carbocycles. The number of nitrogens with one attached hydrogen (secondary N) is 1. The zero-order valence-electron chi connectivity index (χ0n) is 23.5. The van der Waals surface area contributed by atoms with Crippen molar-refractivity contribution in [3.8, 4) is 0 Å². The topological polar surface area (TPSA) is 86.8 Å². The summed E-state index contributed by atoms with van der Waals surface area (Å²) >= 11 is 12.3. The summed E-state index contributed by atoms with van der Waals surface area (Å²) in [6, 6.07) is 15.8. The number of nitrogens with zero attached hydrogens (tertiary/aromatic N) is 2. The molecular weight excluding hydrogens is 569 g/mol. The molecule has 0 unspecified atom stereocenters. The number of benzene rings is 3. The molecule has 3 aromatic rings.